The van der Waals surface area contributed by atoms with E-state index in [2.05, 4.69) is 31.8 Å². The van der Waals surface area contributed by atoms with Crippen molar-refractivity contribution in [3.8, 4) is 0 Å². The van der Waals surface area contributed by atoms with Gasteiger partial charge in [0, 0.05) is 36.9 Å². The van der Waals surface area contributed by atoms with E-state index in [1.807, 2.05) is 18.2 Å². The Morgan fingerprint density at radius 3 is 2.37 bits per heavy atom. The van der Waals surface area contributed by atoms with Crippen molar-refractivity contribution in [2.24, 2.45) is 17.3 Å². The van der Waals surface area contributed by atoms with Crippen LogP contribution in [0.2, 0.25) is 5.02 Å². The van der Waals surface area contributed by atoms with Crippen molar-refractivity contribution in [1.82, 2.24) is 4.90 Å². The molecule has 4 aliphatic carbocycles. The summed E-state index contributed by atoms with van der Waals surface area (Å²) < 4.78 is 0.333. The largest absolute Gasteiger partial charge is 0.367 e. The highest BCUT2D eigenvalue weighted by Gasteiger charge is 2.57. The second kappa shape index (κ2) is 6.66. The molecule has 0 aromatic heterocycles. The average molecular weight is 452 g/mol. The molecule has 3 nitrogen and oxygen atoms in total. The number of piperazine rings is 1. The number of hydrogen-bond acceptors (Lipinski definition) is 2. The molecule has 1 amide bonds. The molecule has 0 radical (unpaired) electrons. The van der Waals surface area contributed by atoms with E-state index in [1.54, 1.807) is 0 Å². The Hall–Kier alpha value is -0.740. The van der Waals surface area contributed by atoms with Gasteiger partial charge in [0.2, 0.25) is 5.91 Å². The predicted octanol–water partition coefficient (Wildman–Crippen LogP) is 5.11. The fourth-order valence-corrected chi connectivity index (χ4v) is 8.65. The number of anilines is 1. The summed E-state index contributed by atoms with van der Waals surface area (Å²) in [7, 11) is 0. The van der Waals surface area contributed by atoms with E-state index in [0.29, 0.717) is 10.2 Å². The zero-order valence-corrected chi connectivity index (χ0v) is 18.1. The van der Waals surface area contributed by atoms with Gasteiger partial charge >= 0.3 is 0 Å². The average Bonchev–Trinajstić information content (AvgIpc) is 2.60. The molecule has 1 heterocycles. The summed E-state index contributed by atoms with van der Waals surface area (Å²) in [6, 6.07) is 8.01. The normalized spacial score (nSPS) is 37.7. The maximum Gasteiger partial charge on any atom is 0.223 e. The second-order valence-corrected chi connectivity index (χ2v) is 11.7. The summed E-state index contributed by atoms with van der Waals surface area (Å²) >= 11 is 10.4. The van der Waals surface area contributed by atoms with Gasteiger partial charge in [0.1, 0.15) is 0 Å². The van der Waals surface area contributed by atoms with Crippen molar-refractivity contribution in [1.29, 1.82) is 0 Å². The van der Waals surface area contributed by atoms with Crippen LogP contribution < -0.4 is 4.90 Å². The summed E-state index contributed by atoms with van der Waals surface area (Å²) in [5, 5.41) is 0.800. The highest BCUT2D eigenvalue weighted by atomic mass is 79.9. The Morgan fingerprint density at radius 2 is 1.74 bits per heavy atom. The number of nitrogens with zero attached hydrogens (tertiary/aromatic N) is 2. The molecule has 1 aromatic carbocycles. The van der Waals surface area contributed by atoms with Crippen LogP contribution in [0.15, 0.2) is 24.3 Å². The molecule has 2 atom stereocenters. The third-order valence-electron chi connectivity index (χ3n) is 7.46. The molecule has 0 spiro atoms. The van der Waals surface area contributed by atoms with E-state index in [4.69, 9.17) is 11.6 Å². The van der Waals surface area contributed by atoms with E-state index < -0.39 is 0 Å². The van der Waals surface area contributed by atoms with E-state index in [0.717, 1.165) is 55.1 Å². The quantitative estimate of drug-likeness (QED) is 0.596. The molecule has 6 rings (SSSR count). The van der Waals surface area contributed by atoms with Crippen LogP contribution >= 0.6 is 27.5 Å². The lowest BCUT2D eigenvalue weighted by molar-refractivity contribution is -0.138. The predicted molar refractivity (Wildman–Crippen MR) is 114 cm³/mol. The van der Waals surface area contributed by atoms with Gasteiger partial charge in [-0.3, -0.25) is 4.79 Å². The molecule has 5 heteroatoms. The molecular weight excluding hydrogens is 424 g/mol. The zero-order valence-electron chi connectivity index (χ0n) is 15.8. The summed E-state index contributed by atoms with van der Waals surface area (Å²) in [6.45, 7) is 3.37. The zero-order chi connectivity index (χ0) is 18.6. The van der Waals surface area contributed by atoms with Crippen molar-refractivity contribution in [3.63, 3.8) is 0 Å². The maximum atomic E-state index is 13.2. The minimum atomic E-state index is 0.268. The number of alkyl halides is 1. The Labute approximate surface area is 175 Å². The van der Waals surface area contributed by atoms with Gasteiger partial charge in [-0.25, -0.2) is 0 Å². The van der Waals surface area contributed by atoms with Crippen LogP contribution in [0.25, 0.3) is 0 Å². The molecule has 4 saturated carbocycles. The number of para-hydroxylation sites is 1. The minimum Gasteiger partial charge on any atom is -0.367 e. The molecule has 1 aliphatic heterocycles. The third kappa shape index (κ3) is 3.42. The monoisotopic (exact) mass is 450 g/mol. The van der Waals surface area contributed by atoms with E-state index in [9.17, 15) is 4.79 Å². The summed E-state index contributed by atoms with van der Waals surface area (Å²) in [5.74, 6) is 2.07. The topological polar surface area (TPSA) is 23.6 Å². The highest BCUT2D eigenvalue weighted by Crippen LogP contribution is 2.65. The Morgan fingerprint density at radius 1 is 1.07 bits per heavy atom. The Kier molecular flexibility index (Phi) is 4.51. The maximum absolute atomic E-state index is 13.2. The molecule has 1 saturated heterocycles. The van der Waals surface area contributed by atoms with Crippen LogP contribution in [0.3, 0.4) is 0 Å². The fourth-order valence-electron chi connectivity index (χ4n) is 6.88. The first kappa shape index (κ1) is 18.3. The molecule has 146 valence electrons. The molecule has 27 heavy (non-hydrogen) atoms. The van der Waals surface area contributed by atoms with E-state index >= 15 is 0 Å². The first-order valence-corrected chi connectivity index (χ1v) is 11.6. The molecule has 0 N–H and O–H groups in total. The molecule has 4 bridgehead atoms. The van der Waals surface area contributed by atoms with Crippen LogP contribution in [-0.2, 0) is 4.79 Å². The number of amides is 1. The summed E-state index contributed by atoms with van der Waals surface area (Å²) in [6.07, 6.45) is 8.59. The number of hydrogen-bond donors (Lipinski definition) is 0. The fraction of sp³-hybridized carbons (Fsp3) is 0.682. The lowest BCUT2D eigenvalue weighted by Crippen LogP contribution is -2.55. The molecule has 0 unspecified atom stereocenters. The van der Waals surface area contributed by atoms with Gasteiger partial charge in [-0.15, -0.1) is 0 Å². The van der Waals surface area contributed by atoms with Crippen molar-refractivity contribution in [3.05, 3.63) is 29.3 Å². The van der Waals surface area contributed by atoms with Crippen LogP contribution in [0.5, 0.6) is 0 Å². The first-order valence-electron chi connectivity index (χ1n) is 10.4. The highest BCUT2D eigenvalue weighted by molar-refractivity contribution is 9.10. The molecule has 5 fully saturated rings. The van der Waals surface area contributed by atoms with Crippen LogP contribution in [0.1, 0.15) is 44.9 Å². The molecule has 1 aromatic rings. The van der Waals surface area contributed by atoms with Gasteiger partial charge in [-0.2, -0.15) is 0 Å². The number of benzene rings is 1. The lowest BCUT2D eigenvalue weighted by atomic mass is 9.48. The van der Waals surface area contributed by atoms with Gasteiger partial charge in [0.05, 0.1) is 10.7 Å². The van der Waals surface area contributed by atoms with Crippen molar-refractivity contribution in [2.75, 3.05) is 31.1 Å². The van der Waals surface area contributed by atoms with Crippen molar-refractivity contribution >= 4 is 39.1 Å². The first-order chi connectivity index (χ1) is 12.9. The van der Waals surface area contributed by atoms with Gasteiger partial charge in [0.25, 0.3) is 0 Å². The van der Waals surface area contributed by atoms with E-state index in [1.165, 1.54) is 38.5 Å². The second-order valence-electron chi connectivity index (χ2n) is 9.61. The van der Waals surface area contributed by atoms with E-state index in [-0.39, 0.29) is 5.41 Å². The SMILES string of the molecule is O=C(CC12C[C@@H]3C[C@H](CC(Br)(C3)C1)C2)N1CCN(c2ccccc2Cl)CC1. The standard InChI is InChI=1S/C22H28BrClN2O/c23-22-12-16-9-17(13-22)11-21(10-16,15-22)14-20(27)26-7-5-25(6-8-26)19-4-2-1-3-18(19)24/h1-4,16-17H,5-15H2/t16-,17-,21?,22?/m0/s1. The minimum absolute atomic E-state index is 0.268. The number of rotatable bonds is 3. The number of carbonyl (C=O) groups excluding carboxylic acids is 1. The van der Waals surface area contributed by atoms with Crippen LogP contribution in [-0.4, -0.2) is 41.3 Å². The van der Waals surface area contributed by atoms with Crippen molar-refractivity contribution < 1.29 is 4.79 Å². The van der Waals surface area contributed by atoms with Gasteiger partial charge in [-0.05, 0) is 67.9 Å². The van der Waals surface area contributed by atoms with Gasteiger partial charge in [-0.1, -0.05) is 39.7 Å². The van der Waals surface area contributed by atoms with Crippen molar-refractivity contribution in [2.45, 2.75) is 49.3 Å². The van der Waals surface area contributed by atoms with Gasteiger partial charge < -0.3 is 9.80 Å². The van der Waals surface area contributed by atoms with Crippen LogP contribution in [0.4, 0.5) is 5.69 Å². The summed E-state index contributed by atoms with van der Waals surface area (Å²) in [5.41, 5.74) is 1.36. The number of carbonyl (C=O) groups is 1. The molecular formula is C22H28BrClN2O. The van der Waals surface area contributed by atoms with Gasteiger partial charge in [0.15, 0.2) is 0 Å². The summed E-state index contributed by atoms with van der Waals surface area (Å²) in [4.78, 5) is 17.6. The Balaban J connectivity index is 1.22. The Bertz CT molecular complexity index is 732. The molecule has 5 aliphatic rings. The van der Waals surface area contributed by atoms with Crippen LogP contribution in [0, 0.1) is 17.3 Å². The smallest absolute Gasteiger partial charge is 0.223 e. The third-order valence-corrected chi connectivity index (χ3v) is 8.71. The number of halogens is 2. The lowest BCUT2D eigenvalue weighted by Gasteiger charge is -2.60.